The van der Waals surface area contributed by atoms with Gasteiger partial charge in [0.2, 0.25) is 0 Å². The summed E-state index contributed by atoms with van der Waals surface area (Å²) in [6.45, 7) is 4.52. The Bertz CT molecular complexity index is 1040. The summed E-state index contributed by atoms with van der Waals surface area (Å²) in [5, 5.41) is 1.28. The lowest BCUT2D eigenvalue weighted by molar-refractivity contribution is 0.803. The number of aromatic nitrogens is 1. The van der Waals surface area contributed by atoms with Gasteiger partial charge in [-0.25, -0.2) is 0 Å². The van der Waals surface area contributed by atoms with Crippen LogP contribution in [-0.2, 0) is 0 Å². The van der Waals surface area contributed by atoms with Crippen LogP contribution in [0.4, 0.5) is 0 Å². The predicted molar refractivity (Wildman–Crippen MR) is 112 cm³/mol. The molecule has 0 aliphatic rings. The molecule has 0 spiro atoms. The number of para-hydroxylation sites is 1. The van der Waals surface area contributed by atoms with Crippen LogP contribution in [0.1, 0.15) is 36.6 Å². The van der Waals surface area contributed by atoms with Crippen molar-refractivity contribution in [3.63, 3.8) is 0 Å². The zero-order chi connectivity index (χ0) is 17.9. The maximum atomic E-state index is 2.42. The van der Waals surface area contributed by atoms with Gasteiger partial charge in [0, 0.05) is 11.1 Å². The molecule has 0 amide bonds. The van der Waals surface area contributed by atoms with Crippen LogP contribution in [0.3, 0.4) is 0 Å². The smallest absolute Gasteiger partial charge is 0.0537 e. The lowest BCUT2D eigenvalue weighted by Gasteiger charge is -2.18. The summed E-state index contributed by atoms with van der Waals surface area (Å²) in [5.41, 5.74) is 6.22. The van der Waals surface area contributed by atoms with Crippen LogP contribution >= 0.6 is 0 Å². The van der Waals surface area contributed by atoms with Gasteiger partial charge in [0.15, 0.2) is 0 Å². The zero-order valence-corrected chi connectivity index (χ0v) is 15.3. The number of benzene rings is 3. The molecule has 0 aliphatic heterocycles. The molecule has 3 aromatic carbocycles. The Morgan fingerprint density at radius 3 is 2.08 bits per heavy atom. The molecule has 1 heterocycles. The van der Waals surface area contributed by atoms with Crippen molar-refractivity contribution >= 4 is 22.7 Å². The van der Waals surface area contributed by atoms with Gasteiger partial charge in [-0.05, 0) is 35.3 Å². The lowest BCUT2D eigenvalue weighted by Crippen LogP contribution is -2.05. The van der Waals surface area contributed by atoms with E-state index < -0.39 is 0 Å². The number of hydrogen-bond donors (Lipinski definition) is 0. The molecule has 0 saturated heterocycles. The average Bonchev–Trinajstić information content (AvgIpc) is 3.07. The van der Waals surface area contributed by atoms with Crippen LogP contribution in [0.2, 0.25) is 0 Å². The number of fused-ring (bicyclic) bond motifs is 1. The van der Waals surface area contributed by atoms with E-state index in [9.17, 15) is 0 Å². The van der Waals surface area contributed by atoms with E-state index in [-0.39, 0.29) is 0 Å². The van der Waals surface area contributed by atoms with E-state index in [2.05, 4.69) is 115 Å². The number of rotatable bonds is 4. The first-order chi connectivity index (χ1) is 12.7. The molecule has 0 radical (unpaired) electrons. The van der Waals surface area contributed by atoms with E-state index in [0.717, 1.165) is 0 Å². The molecule has 0 saturated carbocycles. The second-order valence-electron chi connectivity index (χ2n) is 6.92. The maximum Gasteiger partial charge on any atom is 0.0537 e. The Labute approximate surface area is 155 Å². The number of nitrogens with zero attached hydrogens (tertiary/aromatic N) is 1. The molecular formula is C25H23N. The Balaban J connectivity index is 2.03. The summed E-state index contributed by atoms with van der Waals surface area (Å²) >= 11 is 0. The largest absolute Gasteiger partial charge is 0.313 e. The molecule has 128 valence electrons. The molecule has 1 heteroatoms. The predicted octanol–water partition coefficient (Wildman–Crippen LogP) is 6.81. The minimum absolute atomic E-state index is 0.435. The van der Waals surface area contributed by atoms with Gasteiger partial charge in [0.25, 0.3) is 0 Å². The van der Waals surface area contributed by atoms with Crippen molar-refractivity contribution in [1.82, 2.24) is 4.57 Å². The van der Waals surface area contributed by atoms with Gasteiger partial charge >= 0.3 is 0 Å². The van der Waals surface area contributed by atoms with Crippen LogP contribution < -0.4 is 0 Å². The fourth-order valence-electron chi connectivity index (χ4n) is 3.46. The quantitative estimate of drug-likeness (QED) is 0.360. The van der Waals surface area contributed by atoms with Crippen molar-refractivity contribution in [2.24, 2.45) is 0 Å². The molecule has 0 atom stereocenters. The third-order valence-electron chi connectivity index (χ3n) is 4.74. The second kappa shape index (κ2) is 7.05. The molecule has 1 nitrogen and oxygen atoms in total. The Kier molecular flexibility index (Phi) is 4.45. The van der Waals surface area contributed by atoms with Crippen molar-refractivity contribution in [3.05, 3.63) is 108 Å². The molecular weight excluding hydrogens is 314 g/mol. The van der Waals surface area contributed by atoms with Crippen molar-refractivity contribution in [1.29, 1.82) is 0 Å². The van der Waals surface area contributed by atoms with Crippen LogP contribution in [-0.4, -0.2) is 4.57 Å². The number of hydrogen-bond acceptors (Lipinski definition) is 0. The van der Waals surface area contributed by atoms with Gasteiger partial charge in [-0.2, -0.15) is 0 Å². The van der Waals surface area contributed by atoms with Crippen molar-refractivity contribution in [2.75, 3.05) is 0 Å². The van der Waals surface area contributed by atoms with Crippen molar-refractivity contribution in [2.45, 2.75) is 19.8 Å². The SMILES string of the molecule is CC(C)c1cc2ccccc2n1/C(=C/c1ccccc1)c1ccccc1. The second-order valence-corrected chi connectivity index (χ2v) is 6.92. The first kappa shape index (κ1) is 16.4. The molecule has 0 fully saturated rings. The summed E-state index contributed by atoms with van der Waals surface area (Å²) in [6, 6.07) is 32.2. The highest BCUT2D eigenvalue weighted by Crippen LogP contribution is 2.32. The third kappa shape index (κ3) is 3.09. The summed E-state index contributed by atoms with van der Waals surface area (Å²) in [4.78, 5) is 0. The monoisotopic (exact) mass is 337 g/mol. The fraction of sp³-hybridized carbons (Fsp3) is 0.120. The highest BCUT2D eigenvalue weighted by atomic mass is 15.0. The van der Waals surface area contributed by atoms with Crippen molar-refractivity contribution in [3.8, 4) is 0 Å². The molecule has 4 aromatic rings. The molecule has 1 aromatic heterocycles. The van der Waals surface area contributed by atoms with E-state index in [4.69, 9.17) is 0 Å². The Morgan fingerprint density at radius 1 is 0.769 bits per heavy atom. The van der Waals surface area contributed by atoms with Gasteiger partial charge in [-0.15, -0.1) is 0 Å². The molecule has 4 rings (SSSR count). The van der Waals surface area contributed by atoms with E-state index in [1.54, 1.807) is 0 Å². The Morgan fingerprint density at radius 2 is 1.38 bits per heavy atom. The van der Waals surface area contributed by atoms with E-state index in [1.165, 1.54) is 33.4 Å². The van der Waals surface area contributed by atoms with Crippen LogP contribution in [0.15, 0.2) is 91.0 Å². The first-order valence-corrected chi connectivity index (χ1v) is 9.17. The standard InChI is InChI=1S/C25H23N/c1-19(2)24-18-22-15-9-10-16-23(22)26(24)25(21-13-7-4-8-14-21)17-20-11-5-3-6-12-20/h3-19H,1-2H3/b25-17+. The normalized spacial score (nSPS) is 12.0. The summed E-state index contributed by atoms with van der Waals surface area (Å²) in [5.74, 6) is 0.435. The van der Waals surface area contributed by atoms with Gasteiger partial charge in [-0.3, -0.25) is 0 Å². The van der Waals surface area contributed by atoms with Crippen LogP contribution in [0.5, 0.6) is 0 Å². The summed E-state index contributed by atoms with van der Waals surface area (Å²) in [7, 11) is 0. The maximum absolute atomic E-state index is 2.42. The molecule has 0 bridgehead atoms. The minimum Gasteiger partial charge on any atom is -0.313 e. The summed E-state index contributed by atoms with van der Waals surface area (Å²) in [6.07, 6.45) is 2.29. The van der Waals surface area contributed by atoms with Gasteiger partial charge in [0.05, 0.1) is 11.2 Å². The average molecular weight is 337 g/mol. The third-order valence-corrected chi connectivity index (χ3v) is 4.74. The van der Waals surface area contributed by atoms with E-state index in [0.29, 0.717) is 5.92 Å². The molecule has 0 N–H and O–H groups in total. The minimum atomic E-state index is 0.435. The lowest BCUT2D eigenvalue weighted by atomic mass is 10.1. The van der Waals surface area contributed by atoms with Crippen molar-refractivity contribution < 1.29 is 0 Å². The van der Waals surface area contributed by atoms with E-state index >= 15 is 0 Å². The van der Waals surface area contributed by atoms with Crippen LogP contribution in [0, 0.1) is 0 Å². The topological polar surface area (TPSA) is 4.93 Å². The highest BCUT2D eigenvalue weighted by molar-refractivity contribution is 5.92. The van der Waals surface area contributed by atoms with Gasteiger partial charge in [-0.1, -0.05) is 92.7 Å². The Hall–Kier alpha value is -3.06. The van der Waals surface area contributed by atoms with Crippen LogP contribution in [0.25, 0.3) is 22.7 Å². The molecule has 0 unspecified atom stereocenters. The van der Waals surface area contributed by atoms with Gasteiger partial charge in [0.1, 0.15) is 0 Å². The molecule has 0 aliphatic carbocycles. The summed E-state index contributed by atoms with van der Waals surface area (Å²) < 4.78 is 2.42. The fourth-order valence-corrected chi connectivity index (χ4v) is 3.46. The van der Waals surface area contributed by atoms with Gasteiger partial charge < -0.3 is 4.57 Å². The zero-order valence-electron chi connectivity index (χ0n) is 15.3. The highest BCUT2D eigenvalue weighted by Gasteiger charge is 2.16. The molecule has 26 heavy (non-hydrogen) atoms. The first-order valence-electron chi connectivity index (χ1n) is 9.17. The van der Waals surface area contributed by atoms with E-state index in [1.807, 2.05) is 0 Å².